The lowest BCUT2D eigenvalue weighted by Crippen LogP contribution is -2.33. The molecule has 1 unspecified atom stereocenters. The third-order valence-electron chi connectivity index (χ3n) is 7.84. The number of tetrazole rings is 1. The van der Waals surface area contributed by atoms with Gasteiger partial charge < -0.3 is 19.2 Å². The van der Waals surface area contributed by atoms with Crippen LogP contribution in [0, 0.1) is 0 Å². The first-order valence-corrected chi connectivity index (χ1v) is 13.7. The minimum absolute atomic E-state index is 0.0964. The smallest absolute Gasteiger partial charge is 0.252 e. The van der Waals surface area contributed by atoms with Gasteiger partial charge in [-0.05, 0) is 47.9 Å². The Labute approximate surface area is 226 Å². The summed E-state index contributed by atoms with van der Waals surface area (Å²) in [6, 6.07) is 13.9. The predicted octanol–water partition coefficient (Wildman–Crippen LogP) is 4.56. The highest BCUT2D eigenvalue weighted by atomic mass is 16.6. The highest BCUT2D eigenvalue weighted by Gasteiger charge is 2.30. The number of nitrogens with one attached hydrogen (secondary N) is 1. The topological polar surface area (TPSA) is 107 Å². The molecule has 10 nitrogen and oxygen atoms in total. The van der Waals surface area contributed by atoms with Gasteiger partial charge in [-0.15, -0.1) is 5.10 Å². The summed E-state index contributed by atoms with van der Waals surface area (Å²) in [4.78, 5) is 18.7. The molecule has 4 aromatic rings. The van der Waals surface area contributed by atoms with E-state index in [1.165, 1.54) is 12.8 Å². The number of para-hydroxylation sites is 1. The molecule has 1 saturated carbocycles. The predicted molar refractivity (Wildman–Crippen MR) is 146 cm³/mol. The Kier molecular flexibility index (Phi) is 7.19. The zero-order valence-electron chi connectivity index (χ0n) is 22.4. The molecule has 3 heterocycles. The number of pyridine rings is 1. The van der Waals surface area contributed by atoms with Crippen LogP contribution < -0.4 is 19.8 Å². The summed E-state index contributed by atoms with van der Waals surface area (Å²) in [6.45, 7) is 4.13. The molecule has 1 N–H and O–H groups in total. The number of hydrogen-bond acceptors (Lipinski definition) is 8. The largest absolute Gasteiger partial charge is 0.496 e. The average Bonchev–Trinajstić information content (AvgIpc) is 3.66. The number of hydrogen-bond donors (Lipinski definition) is 1. The van der Waals surface area contributed by atoms with Crippen LogP contribution >= 0.6 is 0 Å². The molecule has 2 aromatic heterocycles. The zero-order chi connectivity index (χ0) is 26.8. The molecule has 39 heavy (non-hydrogen) atoms. The Morgan fingerprint density at radius 1 is 1.08 bits per heavy atom. The zero-order valence-corrected chi connectivity index (χ0v) is 22.4. The number of nitrogens with zero attached hydrogens (tertiary/aromatic N) is 5. The van der Waals surface area contributed by atoms with Gasteiger partial charge in [0.1, 0.15) is 19.0 Å². The van der Waals surface area contributed by atoms with Crippen LogP contribution in [0.1, 0.15) is 68.1 Å². The molecule has 1 aliphatic heterocycles. The van der Waals surface area contributed by atoms with Crippen LogP contribution in [-0.4, -0.2) is 50.4 Å². The molecule has 0 radical (unpaired) electrons. The number of ether oxygens (including phenoxy) is 3. The molecule has 2 aliphatic rings. The Balaban J connectivity index is 1.39. The summed E-state index contributed by atoms with van der Waals surface area (Å²) in [5.41, 5.74) is 2.29. The molecule has 2 aromatic carbocycles. The van der Waals surface area contributed by atoms with Crippen LogP contribution in [0.25, 0.3) is 10.9 Å². The fraction of sp³-hybridized carbons (Fsp3) is 0.448. The van der Waals surface area contributed by atoms with Crippen LogP contribution in [0.3, 0.4) is 0 Å². The summed E-state index contributed by atoms with van der Waals surface area (Å²) in [5, 5.41) is 13.9. The van der Waals surface area contributed by atoms with Crippen LogP contribution in [0.4, 0.5) is 0 Å². The second-order valence-electron chi connectivity index (χ2n) is 10.3. The number of rotatable bonds is 9. The normalized spacial score (nSPS) is 16.2. The van der Waals surface area contributed by atoms with E-state index in [1.54, 1.807) is 7.11 Å². The maximum Gasteiger partial charge on any atom is 0.252 e. The highest BCUT2D eigenvalue weighted by Crippen LogP contribution is 2.36. The van der Waals surface area contributed by atoms with E-state index in [2.05, 4.69) is 38.4 Å². The van der Waals surface area contributed by atoms with Gasteiger partial charge in [-0.3, -0.25) is 9.69 Å². The summed E-state index contributed by atoms with van der Waals surface area (Å²) >= 11 is 0. The first kappa shape index (κ1) is 25.4. The van der Waals surface area contributed by atoms with E-state index in [9.17, 15) is 4.79 Å². The first-order chi connectivity index (χ1) is 19.1. The second-order valence-corrected chi connectivity index (χ2v) is 10.3. The van der Waals surface area contributed by atoms with Crippen LogP contribution in [0.5, 0.6) is 17.2 Å². The molecule has 10 heteroatoms. The maximum atomic E-state index is 13.4. The second kappa shape index (κ2) is 11.1. The lowest BCUT2D eigenvalue weighted by atomic mass is 10.1. The third kappa shape index (κ3) is 5.08. The SMILES string of the molecule is CCC(c1nnnn1C1CCCC1)N(Cc1ccccc1OC)Cc1cc2cc3c(cc2[nH]c1=O)OCCO3. The molecule has 6 rings (SSSR count). The van der Waals surface area contributed by atoms with E-state index in [0.29, 0.717) is 49.4 Å². The summed E-state index contributed by atoms with van der Waals surface area (Å²) in [7, 11) is 1.68. The Morgan fingerprint density at radius 3 is 2.59 bits per heavy atom. The van der Waals surface area contributed by atoms with Gasteiger partial charge >= 0.3 is 0 Å². The maximum absolute atomic E-state index is 13.4. The summed E-state index contributed by atoms with van der Waals surface area (Å²) < 4.78 is 19.2. The average molecular weight is 531 g/mol. The monoisotopic (exact) mass is 530 g/mol. The fourth-order valence-electron chi connectivity index (χ4n) is 5.89. The molecular formula is C29H34N6O4. The summed E-state index contributed by atoms with van der Waals surface area (Å²) in [5.74, 6) is 3.00. The molecule has 1 aliphatic carbocycles. The van der Waals surface area contributed by atoms with Crippen LogP contribution in [-0.2, 0) is 13.1 Å². The Morgan fingerprint density at radius 2 is 1.82 bits per heavy atom. The van der Waals surface area contributed by atoms with Crippen molar-refractivity contribution in [2.24, 2.45) is 0 Å². The molecule has 0 bridgehead atoms. The Hall–Kier alpha value is -3.92. The van der Waals surface area contributed by atoms with Gasteiger partial charge in [0.05, 0.1) is 24.7 Å². The first-order valence-electron chi connectivity index (χ1n) is 13.7. The van der Waals surface area contributed by atoms with Gasteiger partial charge in [-0.2, -0.15) is 0 Å². The number of methoxy groups -OCH3 is 1. The van der Waals surface area contributed by atoms with Crippen LogP contribution in [0.15, 0.2) is 47.3 Å². The van der Waals surface area contributed by atoms with Crippen molar-refractivity contribution in [3.63, 3.8) is 0 Å². The number of benzene rings is 2. The van der Waals surface area contributed by atoms with E-state index in [4.69, 9.17) is 14.2 Å². The fourth-order valence-corrected chi connectivity index (χ4v) is 5.89. The minimum Gasteiger partial charge on any atom is -0.496 e. The minimum atomic E-state index is -0.130. The lowest BCUT2D eigenvalue weighted by Gasteiger charge is -2.31. The number of aromatic nitrogens is 5. The van der Waals surface area contributed by atoms with Crippen molar-refractivity contribution in [3.8, 4) is 17.2 Å². The molecular weight excluding hydrogens is 496 g/mol. The standard InChI is InChI=1S/C29H34N6O4/c1-3-24(28-31-32-33-35(28)22-9-5-6-10-22)34(17-19-8-4-7-11-25(19)37-2)18-21-14-20-15-26-27(39-13-12-38-26)16-23(20)30-29(21)36/h4,7-8,11,14-16,22,24H,3,5-6,9-10,12-13,17-18H2,1-2H3,(H,30,36). The van der Waals surface area contributed by atoms with Gasteiger partial charge in [0.25, 0.3) is 5.56 Å². The van der Waals surface area contributed by atoms with Crippen molar-refractivity contribution < 1.29 is 14.2 Å². The van der Waals surface area contributed by atoms with Gasteiger partial charge in [-0.25, -0.2) is 4.68 Å². The van der Waals surface area contributed by atoms with Gasteiger partial charge in [0.15, 0.2) is 17.3 Å². The van der Waals surface area contributed by atoms with E-state index in [-0.39, 0.29) is 11.6 Å². The molecule has 0 saturated heterocycles. The van der Waals surface area contributed by atoms with Gasteiger partial charge in [-0.1, -0.05) is 38.0 Å². The van der Waals surface area contributed by atoms with Gasteiger partial charge in [0.2, 0.25) is 0 Å². The number of aromatic amines is 1. The quantitative estimate of drug-likeness (QED) is 0.336. The van der Waals surface area contributed by atoms with E-state index in [0.717, 1.165) is 47.3 Å². The van der Waals surface area contributed by atoms with Crippen molar-refractivity contribution in [2.75, 3.05) is 20.3 Å². The molecule has 1 fully saturated rings. The van der Waals surface area contributed by atoms with Gasteiger partial charge in [0, 0.05) is 35.7 Å². The number of H-pyrrole nitrogens is 1. The van der Waals surface area contributed by atoms with Crippen molar-refractivity contribution in [3.05, 3.63) is 69.8 Å². The lowest BCUT2D eigenvalue weighted by molar-refractivity contribution is 0.156. The third-order valence-corrected chi connectivity index (χ3v) is 7.84. The van der Waals surface area contributed by atoms with Crippen molar-refractivity contribution in [1.82, 2.24) is 30.1 Å². The van der Waals surface area contributed by atoms with Crippen molar-refractivity contribution in [1.29, 1.82) is 0 Å². The van der Waals surface area contributed by atoms with E-state index >= 15 is 0 Å². The van der Waals surface area contributed by atoms with E-state index < -0.39 is 0 Å². The molecule has 0 spiro atoms. The summed E-state index contributed by atoms with van der Waals surface area (Å²) in [6.07, 6.45) is 5.34. The van der Waals surface area contributed by atoms with E-state index in [1.807, 2.05) is 41.1 Å². The van der Waals surface area contributed by atoms with Crippen molar-refractivity contribution >= 4 is 10.9 Å². The molecule has 0 amide bonds. The van der Waals surface area contributed by atoms with Crippen molar-refractivity contribution in [2.45, 2.75) is 64.2 Å². The molecule has 204 valence electrons. The highest BCUT2D eigenvalue weighted by molar-refractivity contribution is 5.83. The molecule has 1 atom stereocenters. The number of fused-ring (bicyclic) bond motifs is 2. The Bertz CT molecular complexity index is 1510. The van der Waals surface area contributed by atoms with Crippen LogP contribution in [0.2, 0.25) is 0 Å².